The van der Waals surface area contributed by atoms with E-state index in [1.54, 1.807) is 6.07 Å². The number of anilines is 1. The van der Waals surface area contributed by atoms with Crippen molar-refractivity contribution in [3.05, 3.63) is 45.9 Å². The average molecular weight is 297 g/mol. The maximum atomic E-state index is 6.08. The lowest BCUT2D eigenvalue weighted by Gasteiger charge is -2.10. The molecule has 0 amide bonds. The molecule has 0 spiro atoms. The Morgan fingerprint density at radius 3 is 2.47 bits per heavy atom. The summed E-state index contributed by atoms with van der Waals surface area (Å²) in [5.74, 6) is 1.59. The van der Waals surface area contributed by atoms with Gasteiger partial charge < -0.3 is 10.1 Å². The number of aryl methyl sites for hydroxylation is 1. The van der Waals surface area contributed by atoms with Gasteiger partial charge in [0.2, 0.25) is 5.88 Å². The third kappa shape index (κ3) is 3.52. The molecule has 0 bridgehead atoms. The first-order valence-corrected chi connectivity index (χ1v) is 6.70. The number of rotatable bonds is 4. The Kier molecular flexibility index (Phi) is 4.51. The van der Waals surface area contributed by atoms with E-state index in [4.69, 9.17) is 27.9 Å². The van der Waals surface area contributed by atoms with Gasteiger partial charge in [0.25, 0.3) is 0 Å². The van der Waals surface area contributed by atoms with Crippen LogP contribution < -0.4 is 10.1 Å². The molecule has 2 aromatic rings. The molecule has 0 atom stereocenters. The van der Waals surface area contributed by atoms with Gasteiger partial charge in [0, 0.05) is 6.54 Å². The maximum Gasteiger partial charge on any atom is 0.240 e. The molecule has 5 heteroatoms. The second kappa shape index (κ2) is 6.13. The number of hydrogen-bond acceptors (Lipinski definition) is 3. The van der Waals surface area contributed by atoms with Crippen molar-refractivity contribution in [2.75, 3.05) is 11.9 Å². The van der Waals surface area contributed by atoms with Gasteiger partial charge in [0.05, 0.1) is 5.02 Å². The van der Waals surface area contributed by atoms with Crippen LogP contribution in [0.2, 0.25) is 10.0 Å². The highest BCUT2D eigenvalue weighted by molar-refractivity contribution is 6.36. The van der Waals surface area contributed by atoms with Crippen molar-refractivity contribution in [2.45, 2.75) is 13.8 Å². The van der Waals surface area contributed by atoms with Gasteiger partial charge in [-0.15, -0.1) is 0 Å². The highest BCUT2D eigenvalue weighted by atomic mass is 35.5. The highest BCUT2D eigenvalue weighted by Gasteiger charge is 2.10. The van der Waals surface area contributed by atoms with Crippen molar-refractivity contribution in [3.8, 4) is 11.6 Å². The molecule has 1 aromatic heterocycles. The molecule has 3 nitrogen and oxygen atoms in total. The summed E-state index contributed by atoms with van der Waals surface area (Å²) in [5, 5.41) is 3.91. The van der Waals surface area contributed by atoms with E-state index in [-0.39, 0.29) is 0 Å². The van der Waals surface area contributed by atoms with Gasteiger partial charge in [-0.2, -0.15) is 4.98 Å². The molecule has 0 saturated carbocycles. The SMILES string of the molecule is CCNc1nc(Oc2ccc(C)cc2)c(Cl)cc1Cl. The maximum absolute atomic E-state index is 6.08. The number of nitrogens with zero attached hydrogens (tertiary/aromatic N) is 1. The van der Waals surface area contributed by atoms with Gasteiger partial charge in [0.15, 0.2) is 0 Å². The van der Waals surface area contributed by atoms with Gasteiger partial charge in [-0.25, -0.2) is 0 Å². The Hall–Kier alpha value is -1.45. The molecule has 1 N–H and O–H groups in total. The monoisotopic (exact) mass is 296 g/mol. The van der Waals surface area contributed by atoms with Gasteiger partial charge in [-0.05, 0) is 32.0 Å². The number of aromatic nitrogens is 1. The van der Waals surface area contributed by atoms with E-state index in [9.17, 15) is 0 Å². The van der Waals surface area contributed by atoms with Crippen molar-refractivity contribution in [2.24, 2.45) is 0 Å². The van der Waals surface area contributed by atoms with Gasteiger partial charge in [0.1, 0.15) is 16.6 Å². The van der Waals surface area contributed by atoms with Gasteiger partial charge in [-0.1, -0.05) is 40.9 Å². The first-order chi connectivity index (χ1) is 9.10. The second-order valence-corrected chi connectivity index (χ2v) is 4.87. The summed E-state index contributed by atoms with van der Waals surface area (Å²) in [6.07, 6.45) is 0. The van der Waals surface area contributed by atoms with Crippen molar-refractivity contribution in [1.82, 2.24) is 4.98 Å². The lowest BCUT2D eigenvalue weighted by atomic mass is 10.2. The molecule has 0 unspecified atom stereocenters. The quantitative estimate of drug-likeness (QED) is 0.869. The normalized spacial score (nSPS) is 10.3. The summed E-state index contributed by atoms with van der Waals surface area (Å²) < 4.78 is 5.66. The third-order valence-corrected chi connectivity index (χ3v) is 3.04. The average Bonchev–Trinajstić information content (AvgIpc) is 2.38. The second-order valence-electron chi connectivity index (χ2n) is 4.05. The van der Waals surface area contributed by atoms with Crippen LogP contribution in [0, 0.1) is 6.92 Å². The Bertz CT molecular complexity index is 570. The molecule has 0 radical (unpaired) electrons. The molecule has 0 aliphatic heterocycles. The Morgan fingerprint density at radius 2 is 1.84 bits per heavy atom. The summed E-state index contributed by atoms with van der Waals surface area (Å²) in [6.45, 7) is 4.70. The van der Waals surface area contributed by atoms with Crippen molar-refractivity contribution in [3.63, 3.8) is 0 Å². The largest absolute Gasteiger partial charge is 0.437 e. The fourth-order valence-electron chi connectivity index (χ4n) is 1.53. The summed E-state index contributed by atoms with van der Waals surface area (Å²) >= 11 is 12.1. The number of ether oxygens (including phenoxy) is 1. The van der Waals surface area contributed by atoms with Crippen molar-refractivity contribution in [1.29, 1.82) is 0 Å². The number of halogens is 2. The topological polar surface area (TPSA) is 34.2 Å². The lowest BCUT2D eigenvalue weighted by molar-refractivity contribution is 0.464. The van der Waals surface area contributed by atoms with E-state index >= 15 is 0 Å². The third-order valence-electron chi connectivity index (χ3n) is 2.48. The van der Waals surface area contributed by atoms with Gasteiger partial charge in [-0.3, -0.25) is 0 Å². The van der Waals surface area contributed by atoms with Crippen molar-refractivity contribution >= 4 is 29.0 Å². The van der Waals surface area contributed by atoms with Crippen LogP contribution in [0.4, 0.5) is 5.82 Å². The van der Waals surface area contributed by atoms with Crippen LogP contribution in [0.1, 0.15) is 12.5 Å². The standard InChI is InChI=1S/C14H14Cl2N2O/c1-3-17-13-11(15)8-12(16)14(18-13)19-10-6-4-9(2)5-7-10/h4-8H,3H2,1-2H3,(H,17,18). The van der Waals surface area contributed by atoms with Crippen LogP contribution in [0.15, 0.2) is 30.3 Å². The molecule has 0 aliphatic rings. The van der Waals surface area contributed by atoms with Crippen molar-refractivity contribution < 1.29 is 4.74 Å². The van der Waals surface area contributed by atoms with Crippen LogP contribution in [0.3, 0.4) is 0 Å². The lowest BCUT2D eigenvalue weighted by Crippen LogP contribution is -2.01. The number of pyridine rings is 1. The molecule has 0 saturated heterocycles. The van der Waals surface area contributed by atoms with E-state index in [1.807, 2.05) is 38.1 Å². The minimum Gasteiger partial charge on any atom is -0.437 e. The molecule has 0 fully saturated rings. The predicted molar refractivity (Wildman–Crippen MR) is 79.7 cm³/mol. The van der Waals surface area contributed by atoms with E-state index < -0.39 is 0 Å². The number of hydrogen-bond donors (Lipinski definition) is 1. The zero-order valence-corrected chi connectivity index (χ0v) is 12.2. The van der Waals surface area contributed by atoms with Crippen LogP contribution in [0.5, 0.6) is 11.6 Å². The first-order valence-electron chi connectivity index (χ1n) is 5.94. The molecule has 2 rings (SSSR count). The summed E-state index contributed by atoms with van der Waals surface area (Å²) in [6, 6.07) is 9.29. The molecular weight excluding hydrogens is 283 g/mol. The van der Waals surface area contributed by atoms with Crippen LogP contribution in [-0.2, 0) is 0 Å². The molecule has 0 aliphatic carbocycles. The van der Waals surface area contributed by atoms with E-state index in [0.717, 1.165) is 12.1 Å². The molecule has 1 heterocycles. The summed E-state index contributed by atoms with van der Waals surface area (Å²) in [7, 11) is 0. The van der Waals surface area contributed by atoms with E-state index in [0.29, 0.717) is 27.5 Å². The van der Waals surface area contributed by atoms with Crippen LogP contribution >= 0.6 is 23.2 Å². The van der Waals surface area contributed by atoms with Gasteiger partial charge >= 0.3 is 0 Å². The fraction of sp³-hybridized carbons (Fsp3) is 0.214. The Labute approximate surface area is 122 Å². The molecular formula is C14H14Cl2N2O. The van der Waals surface area contributed by atoms with E-state index in [2.05, 4.69) is 10.3 Å². The van der Waals surface area contributed by atoms with E-state index in [1.165, 1.54) is 0 Å². The fourth-order valence-corrected chi connectivity index (χ4v) is 1.99. The molecule has 19 heavy (non-hydrogen) atoms. The minimum atomic E-state index is 0.339. The zero-order valence-electron chi connectivity index (χ0n) is 10.7. The first kappa shape index (κ1) is 14.0. The molecule has 100 valence electrons. The smallest absolute Gasteiger partial charge is 0.240 e. The summed E-state index contributed by atoms with van der Waals surface area (Å²) in [5.41, 5.74) is 1.16. The summed E-state index contributed by atoms with van der Waals surface area (Å²) in [4.78, 5) is 4.28. The predicted octanol–water partition coefficient (Wildman–Crippen LogP) is 4.92. The molecule has 1 aromatic carbocycles. The zero-order chi connectivity index (χ0) is 13.8. The highest BCUT2D eigenvalue weighted by Crippen LogP contribution is 2.33. The van der Waals surface area contributed by atoms with Crippen LogP contribution in [-0.4, -0.2) is 11.5 Å². The Morgan fingerprint density at radius 1 is 1.16 bits per heavy atom. The number of nitrogens with one attached hydrogen (secondary N) is 1. The minimum absolute atomic E-state index is 0.339. The Balaban J connectivity index is 2.28. The number of benzene rings is 1. The van der Waals surface area contributed by atoms with Crippen LogP contribution in [0.25, 0.3) is 0 Å².